The monoisotopic (exact) mass is 399 g/mol. The highest BCUT2D eigenvalue weighted by Gasteiger charge is 2.43. The zero-order chi connectivity index (χ0) is 20.3. The molecular weight excluding hydrogens is 371 g/mol. The summed E-state index contributed by atoms with van der Waals surface area (Å²) in [5.41, 5.74) is 0.742. The number of nitrogens with zero attached hydrogens (tertiary/aromatic N) is 1. The molecule has 8 heteroatoms. The summed E-state index contributed by atoms with van der Waals surface area (Å²) >= 11 is 0. The van der Waals surface area contributed by atoms with Crippen LogP contribution in [0.1, 0.15) is 32.6 Å². The molecule has 1 aromatic carbocycles. The molecule has 1 saturated heterocycles. The number of carbonyl (C=O) groups is 1. The van der Waals surface area contributed by atoms with Gasteiger partial charge in [0.1, 0.15) is 5.75 Å². The lowest BCUT2D eigenvalue weighted by Crippen LogP contribution is -2.49. The number of hydrogen-bond donors (Lipinski definition) is 2. The van der Waals surface area contributed by atoms with Gasteiger partial charge in [-0.15, -0.1) is 13.2 Å². The Morgan fingerprint density at radius 2 is 2.11 bits per heavy atom. The van der Waals surface area contributed by atoms with Gasteiger partial charge in [0.25, 0.3) is 0 Å². The Hall–Kier alpha value is -1.96. The Morgan fingerprint density at radius 3 is 2.79 bits per heavy atom. The summed E-state index contributed by atoms with van der Waals surface area (Å²) in [6.45, 7) is 3.64. The van der Waals surface area contributed by atoms with Crippen LogP contribution >= 0.6 is 0 Å². The molecule has 2 fully saturated rings. The van der Waals surface area contributed by atoms with E-state index in [0.29, 0.717) is 11.8 Å². The number of likely N-dealkylation sites (N-methyl/N-ethyl adjacent to an activating group) is 1. The lowest BCUT2D eigenvalue weighted by molar-refractivity contribution is -0.274. The molecule has 156 valence electrons. The van der Waals surface area contributed by atoms with Gasteiger partial charge < -0.3 is 20.3 Å². The standard InChI is InChI=1S/C20H28F3N3O2/c1-3-5-18(19(27)24-2)25-17-9-8-13-11-26(12-16(13)17)14-6-4-7-15(10-14)28-20(21,22)23/h4,6-7,10,13,16-18,25H,3,5,8-9,11-12H2,1-2H3,(H,24,27)/t13-,16+,17+,18+/m1/s1. The van der Waals surface area contributed by atoms with Gasteiger partial charge in [-0.3, -0.25) is 4.79 Å². The van der Waals surface area contributed by atoms with Crippen molar-refractivity contribution in [3.8, 4) is 5.75 Å². The predicted molar refractivity (Wildman–Crippen MR) is 101 cm³/mol. The normalized spacial score (nSPS) is 25.5. The molecule has 0 bridgehead atoms. The van der Waals surface area contributed by atoms with Gasteiger partial charge in [0.2, 0.25) is 5.91 Å². The third-order valence-electron chi connectivity index (χ3n) is 5.83. The molecule has 1 aliphatic carbocycles. The van der Waals surface area contributed by atoms with E-state index < -0.39 is 6.36 Å². The minimum absolute atomic E-state index is 0.0113. The van der Waals surface area contributed by atoms with E-state index in [0.717, 1.165) is 44.5 Å². The van der Waals surface area contributed by atoms with Crippen molar-refractivity contribution >= 4 is 11.6 Å². The fraction of sp³-hybridized carbons (Fsp3) is 0.650. The van der Waals surface area contributed by atoms with Crippen molar-refractivity contribution in [2.45, 2.75) is 51.1 Å². The molecule has 1 aromatic rings. The fourth-order valence-electron chi connectivity index (χ4n) is 4.57. The van der Waals surface area contributed by atoms with E-state index in [1.807, 2.05) is 6.07 Å². The molecule has 28 heavy (non-hydrogen) atoms. The molecule has 0 aromatic heterocycles. The van der Waals surface area contributed by atoms with E-state index in [1.54, 1.807) is 13.1 Å². The predicted octanol–water partition coefficient (Wildman–Crippen LogP) is 3.30. The van der Waals surface area contributed by atoms with Crippen LogP contribution in [-0.4, -0.2) is 44.5 Å². The quantitative estimate of drug-likeness (QED) is 0.739. The first kappa shape index (κ1) is 20.8. The van der Waals surface area contributed by atoms with Gasteiger partial charge in [0.15, 0.2) is 0 Å². The lowest BCUT2D eigenvalue weighted by Gasteiger charge is -2.27. The third-order valence-corrected chi connectivity index (χ3v) is 5.83. The number of hydrogen-bond acceptors (Lipinski definition) is 4. The first-order valence-electron chi connectivity index (χ1n) is 9.89. The van der Waals surface area contributed by atoms with Crippen LogP contribution in [0.15, 0.2) is 24.3 Å². The SMILES string of the molecule is CCC[C@H](N[C@H]1CC[C@@H]2CN(c3cccc(OC(F)(F)F)c3)C[C@@H]21)C(=O)NC. The Kier molecular flexibility index (Phi) is 6.37. The summed E-state index contributed by atoms with van der Waals surface area (Å²) in [5.74, 6) is 0.685. The Bertz CT molecular complexity index is 683. The van der Waals surface area contributed by atoms with Gasteiger partial charge in [-0.05, 0) is 43.2 Å². The van der Waals surface area contributed by atoms with Crippen LogP contribution in [0.25, 0.3) is 0 Å². The molecular formula is C20H28F3N3O2. The molecule has 1 amide bonds. The van der Waals surface area contributed by atoms with Gasteiger partial charge in [0, 0.05) is 37.9 Å². The maximum Gasteiger partial charge on any atom is 0.573 e. The van der Waals surface area contributed by atoms with Gasteiger partial charge >= 0.3 is 6.36 Å². The highest BCUT2D eigenvalue weighted by atomic mass is 19.4. The molecule has 3 rings (SSSR count). The van der Waals surface area contributed by atoms with Crippen LogP contribution in [0.2, 0.25) is 0 Å². The second-order valence-corrected chi connectivity index (χ2v) is 7.68. The molecule has 5 nitrogen and oxygen atoms in total. The summed E-state index contributed by atoms with van der Waals surface area (Å²) in [7, 11) is 1.65. The highest BCUT2D eigenvalue weighted by molar-refractivity contribution is 5.81. The second kappa shape index (κ2) is 8.59. The molecule has 1 aliphatic heterocycles. The number of rotatable bonds is 7. The number of alkyl halides is 3. The Morgan fingerprint density at radius 1 is 1.32 bits per heavy atom. The number of nitrogens with one attached hydrogen (secondary N) is 2. The van der Waals surface area contributed by atoms with Crippen LogP contribution in [0.3, 0.4) is 0 Å². The van der Waals surface area contributed by atoms with Crippen molar-refractivity contribution in [2.75, 3.05) is 25.0 Å². The van der Waals surface area contributed by atoms with Crippen LogP contribution in [0, 0.1) is 11.8 Å². The van der Waals surface area contributed by atoms with E-state index in [-0.39, 0.29) is 23.7 Å². The summed E-state index contributed by atoms with van der Waals surface area (Å²) in [4.78, 5) is 14.3. The number of carbonyl (C=O) groups excluding carboxylic acids is 1. The van der Waals surface area contributed by atoms with Crippen molar-refractivity contribution in [2.24, 2.45) is 11.8 Å². The van der Waals surface area contributed by atoms with E-state index in [2.05, 4.69) is 27.2 Å². The topological polar surface area (TPSA) is 53.6 Å². The van der Waals surface area contributed by atoms with Gasteiger partial charge in [0.05, 0.1) is 6.04 Å². The average molecular weight is 399 g/mol. The largest absolute Gasteiger partial charge is 0.573 e. The van der Waals surface area contributed by atoms with E-state index in [4.69, 9.17) is 0 Å². The van der Waals surface area contributed by atoms with E-state index in [9.17, 15) is 18.0 Å². The lowest BCUT2D eigenvalue weighted by atomic mass is 9.96. The molecule has 2 N–H and O–H groups in total. The zero-order valence-corrected chi connectivity index (χ0v) is 16.3. The third kappa shape index (κ3) is 4.90. The summed E-state index contributed by atoms with van der Waals surface area (Å²) < 4.78 is 41.5. The van der Waals surface area contributed by atoms with Gasteiger partial charge in [-0.1, -0.05) is 19.4 Å². The number of fused-ring (bicyclic) bond motifs is 1. The Balaban J connectivity index is 1.66. The van der Waals surface area contributed by atoms with Gasteiger partial charge in [-0.25, -0.2) is 0 Å². The summed E-state index contributed by atoms with van der Waals surface area (Å²) in [6.07, 6.45) is -0.900. The van der Waals surface area contributed by atoms with Crippen molar-refractivity contribution < 1.29 is 22.7 Å². The average Bonchev–Trinajstić information content (AvgIpc) is 3.21. The summed E-state index contributed by atoms with van der Waals surface area (Å²) in [5, 5.41) is 6.27. The molecule has 0 spiro atoms. The van der Waals surface area contributed by atoms with E-state index in [1.165, 1.54) is 12.1 Å². The Labute approximate surface area is 163 Å². The first-order chi connectivity index (χ1) is 13.3. The zero-order valence-electron chi connectivity index (χ0n) is 16.3. The molecule has 4 atom stereocenters. The minimum Gasteiger partial charge on any atom is -0.406 e. The highest BCUT2D eigenvalue weighted by Crippen LogP contribution is 2.41. The first-order valence-corrected chi connectivity index (χ1v) is 9.89. The van der Waals surface area contributed by atoms with Crippen LogP contribution in [-0.2, 0) is 4.79 Å². The number of anilines is 1. The second-order valence-electron chi connectivity index (χ2n) is 7.68. The van der Waals surface area contributed by atoms with Crippen molar-refractivity contribution in [3.63, 3.8) is 0 Å². The molecule has 2 aliphatic rings. The van der Waals surface area contributed by atoms with E-state index >= 15 is 0 Å². The molecule has 0 radical (unpaired) electrons. The van der Waals surface area contributed by atoms with Crippen molar-refractivity contribution in [3.05, 3.63) is 24.3 Å². The number of benzene rings is 1. The number of ether oxygens (including phenoxy) is 1. The fourth-order valence-corrected chi connectivity index (χ4v) is 4.57. The molecule has 1 heterocycles. The van der Waals surface area contributed by atoms with Crippen LogP contribution in [0.4, 0.5) is 18.9 Å². The smallest absolute Gasteiger partial charge is 0.406 e. The van der Waals surface area contributed by atoms with Crippen LogP contribution < -0.4 is 20.3 Å². The van der Waals surface area contributed by atoms with Crippen LogP contribution in [0.5, 0.6) is 5.75 Å². The molecule has 1 saturated carbocycles. The van der Waals surface area contributed by atoms with Gasteiger partial charge in [-0.2, -0.15) is 0 Å². The van der Waals surface area contributed by atoms with Crippen molar-refractivity contribution in [1.29, 1.82) is 0 Å². The summed E-state index contributed by atoms with van der Waals surface area (Å²) in [6, 6.07) is 6.22. The minimum atomic E-state index is -4.69. The molecule has 0 unspecified atom stereocenters. The number of amides is 1. The number of halogens is 3. The maximum atomic E-state index is 12.5. The maximum absolute atomic E-state index is 12.5. The van der Waals surface area contributed by atoms with Crippen molar-refractivity contribution in [1.82, 2.24) is 10.6 Å².